The second-order valence-corrected chi connectivity index (χ2v) is 5.11. The summed E-state index contributed by atoms with van der Waals surface area (Å²) >= 11 is 0. The molecule has 0 atom stereocenters. The zero-order valence-corrected chi connectivity index (χ0v) is 12.9. The summed E-state index contributed by atoms with van der Waals surface area (Å²) in [6, 6.07) is 6.00. The standard InChI is InChI=1S/C16H21N3O2/c1-5-19-15(14(17)12(4)18-19)16(20)21-9-13-10(2)7-6-8-11(13)3/h6-8H,5,9,17H2,1-4H3. The Morgan fingerprint density at radius 1 is 1.29 bits per heavy atom. The van der Waals surface area contributed by atoms with Crippen LogP contribution in [0.5, 0.6) is 0 Å². The van der Waals surface area contributed by atoms with Crippen LogP contribution in [0.4, 0.5) is 5.69 Å². The molecule has 1 heterocycles. The molecule has 2 aromatic rings. The number of anilines is 1. The van der Waals surface area contributed by atoms with Gasteiger partial charge in [0.15, 0.2) is 5.69 Å². The van der Waals surface area contributed by atoms with Crippen LogP contribution < -0.4 is 5.73 Å². The van der Waals surface area contributed by atoms with Crippen molar-refractivity contribution in [3.8, 4) is 0 Å². The quantitative estimate of drug-likeness (QED) is 0.878. The number of hydrogen-bond acceptors (Lipinski definition) is 4. The molecule has 21 heavy (non-hydrogen) atoms. The van der Waals surface area contributed by atoms with E-state index < -0.39 is 5.97 Å². The number of rotatable bonds is 4. The third-order valence-electron chi connectivity index (χ3n) is 3.66. The summed E-state index contributed by atoms with van der Waals surface area (Å²) in [5, 5.41) is 4.23. The summed E-state index contributed by atoms with van der Waals surface area (Å²) in [6.45, 7) is 8.52. The number of nitrogens with two attached hydrogens (primary N) is 1. The minimum atomic E-state index is -0.433. The molecule has 0 bridgehead atoms. The van der Waals surface area contributed by atoms with Gasteiger partial charge >= 0.3 is 5.97 Å². The van der Waals surface area contributed by atoms with Gasteiger partial charge in [0.05, 0.1) is 11.4 Å². The number of carbonyl (C=O) groups is 1. The lowest BCUT2D eigenvalue weighted by Crippen LogP contribution is -2.14. The van der Waals surface area contributed by atoms with E-state index >= 15 is 0 Å². The highest BCUT2D eigenvalue weighted by Crippen LogP contribution is 2.19. The maximum atomic E-state index is 12.3. The highest BCUT2D eigenvalue weighted by atomic mass is 16.5. The molecule has 112 valence electrons. The number of ether oxygens (including phenoxy) is 1. The molecule has 1 aromatic carbocycles. The highest BCUT2D eigenvalue weighted by molar-refractivity contribution is 5.93. The third-order valence-corrected chi connectivity index (χ3v) is 3.66. The van der Waals surface area contributed by atoms with Crippen LogP contribution >= 0.6 is 0 Å². The SMILES string of the molecule is CCn1nc(C)c(N)c1C(=O)OCc1c(C)cccc1C. The molecule has 0 aliphatic rings. The van der Waals surface area contributed by atoms with Crippen molar-refractivity contribution in [1.29, 1.82) is 0 Å². The smallest absolute Gasteiger partial charge is 0.359 e. The second-order valence-electron chi connectivity index (χ2n) is 5.11. The van der Waals surface area contributed by atoms with Crippen molar-refractivity contribution in [2.75, 3.05) is 5.73 Å². The van der Waals surface area contributed by atoms with Gasteiger partial charge in [-0.05, 0) is 44.4 Å². The van der Waals surface area contributed by atoms with Crippen molar-refractivity contribution in [2.24, 2.45) is 0 Å². The summed E-state index contributed by atoms with van der Waals surface area (Å²) in [5.41, 5.74) is 10.5. The van der Waals surface area contributed by atoms with Gasteiger partial charge in [-0.15, -0.1) is 0 Å². The number of hydrogen-bond donors (Lipinski definition) is 1. The largest absolute Gasteiger partial charge is 0.456 e. The lowest BCUT2D eigenvalue weighted by Gasteiger charge is -2.11. The monoisotopic (exact) mass is 287 g/mol. The van der Waals surface area contributed by atoms with Crippen molar-refractivity contribution < 1.29 is 9.53 Å². The first kappa shape index (κ1) is 15.1. The molecule has 0 fully saturated rings. The number of esters is 1. The Kier molecular flexibility index (Phi) is 4.31. The van der Waals surface area contributed by atoms with Gasteiger partial charge < -0.3 is 10.5 Å². The highest BCUT2D eigenvalue weighted by Gasteiger charge is 2.20. The number of nitrogens with zero attached hydrogens (tertiary/aromatic N) is 2. The minimum absolute atomic E-state index is 0.241. The van der Waals surface area contributed by atoms with Crippen molar-refractivity contribution in [3.05, 3.63) is 46.3 Å². The number of aryl methyl sites for hydroxylation is 4. The summed E-state index contributed by atoms with van der Waals surface area (Å²) in [6.07, 6.45) is 0. The fourth-order valence-corrected chi connectivity index (χ4v) is 2.32. The molecule has 2 N–H and O–H groups in total. The summed E-state index contributed by atoms with van der Waals surface area (Å²) in [5.74, 6) is -0.433. The predicted octanol–water partition coefficient (Wildman–Crippen LogP) is 2.77. The van der Waals surface area contributed by atoms with Gasteiger partial charge in [0.2, 0.25) is 0 Å². The van der Waals surface area contributed by atoms with Crippen LogP contribution in [-0.4, -0.2) is 15.7 Å². The van der Waals surface area contributed by atoms with E-state index in [2.05, 4.69) is 5.10 Å². The summed E-state index contributed by atoms with van der Waals surface area (Å²) in [4.78, 5) is 12.3. The van der Waals surface area contributed by atoms with Gasteiger partial charge in [-0.25, -0.2) is 4.79 Å². The molecule has 0 amide bonds. The second kappa shape index (κ2) is 5.99. The average molecular weight is 287 g/mol. The first-order valence-corrected chi connectivity index (χ1v) is 7.00. The molecule has 0 spiro atoms. The fraction of sp³-hybridized carbons (Fsp3) is 0.375. The van der Waals surface area contributed by atoms with E-state index in [0.717, 1.165) is 16.7 Å². The van der Waals surface area contributed by atoms with E-state index in [1.807, 2.05) is 39.0 Å². The molecule has 0 saturated carbocycles. The lowest BCUT2D eigenvalue weighted by atomic mass is 10.0. The van der Waals surface area contributed by atoms with Crippen LogP contribution in [0.15, 0.2) is 18.2 Å². The Bertz CT molecular complexity index is 654. The normalized spacial score (nSPS) is 10.7. The van der Waals surface area contributed by atoms with Gasteiger partial charge in [0.1, 0.15) is 6.61 Å². The maximum Gasteiger partial charge on any atom is 0.359 e. The molecule has 2 rings (SSSR count). The topological polar surface area (TPSA) is 70.1 Å². The summed E-state index contributed by atoms with van der Waals surface area (Å²) in [7, 11) is 0. The zero-order chi connectivity index (χ0) is 15.6. The molecular weight excluding hydrogens is 266 g/mol. The van der Waals surface area contributed by atoms with E-state index in [9.17, 15) is 4.79 Å². The number of nitrogen functional groups attached to an aromatic ring is 1. The molecule has 0 saturated heterocycles. The van der Waals surface area contributed by atoms with Gasteiger partial charge in [-0.2, -0.15) is 5.10 Å². The van der Waals surface area contributed by atoms with Crippen LogP contribution in [0.2, 0.25) is 0 Å². The third kappa shape index (κ3) is 2.91. The number of carbonyl (C=O) groups excluding carboxylic acids is 1. The summed E-state index contributed by atoms with van der Waals surface area (Å²) < 4.78 is 7.01. The predicted molar refractivity (Wildman–Crippen MR) is 82.1 cm³/mol. The lowest BCUT2D eigenvalue weighted by molar-refractivity contribution is 0.0458. The molecule has 0 aliphatic heterocycles. The van der Waals surface area contributed by atoms with E-state index in [1.54, 1.807) is 11.6 Å². The number of benzene rings is 1. The fourth-order valence-electron chi connectivity index (χ4n) is 2.32. The van der Waals surface area contributed by atoms with Gasteiger partial charge in [0.25, 0.3) is 0 Å². The number of aromatic nitrogens is 2. The molecular formula is C16H21N3O2. The Morgan fingerprint density at radius 2 is 1.90 bits per heavy atom. The first-order chi connectivity index (χ1) is 9.95. The average Bonchev–Trinajstić information content (AvgIpc) is 2.73. The van der Waals surface area contributed by atoms with Crippen LogP contribution in [-0.2, 0) is 17.9 Å². The maximum absolute atomic E-state index is 12.3. The van der Waals surface area contributed by atoms with Crippen molar-refractivity contribution in [2.45, 2.75) is 40.8 Å². The van der Waals surface area contributed by atoms with Crippen molar-refractivity contribution in [1.82, 2.24) is 9.78 Å². The Balaban J connectivity index is 2.20. The van der Waals surface area contributed by atoms with Crippen molar-refractivity contribution in [3.63, 3.8) is 0 Å². The zero-order valence-electron chi connectivity index (χ0n) is 12.9. The van der Waals surface area contributed by atoms with Crippen LogP contribution in [0.3, 0.4) is 0 Å². The molecule has 0 unspecified atom stereocenters. The first-order valence-electron chi connectivity index (χ1n) is 7.00. The Hall–Kier alpha value is -2.30. The molecule has 5 nitrogen and oxygen atoms in total. The minimum Gasteiger partial charge on any atom is -0.456 e. The van der Waals surface area contributed by atoms with E-state index in [4.69, 9.17) is 10.5 Å². The van der Waals surface area contributed by atoms with Crippen LogP contribution in [0.25, 0.3) is 0 Å². The van der Waals surface area contributed by atoms with Gasteiger partial charge in [0, 0.05) is 6.54 Å². The molecule has 5 heteroatoms. The van der Waals surface area contributed by atoms with E-state index in [-0.39, 0.29) is 6.61 Å². The molecule has 0 aliphatic carbocycles. The van der Waals surface area contributed by atoms with Crippen molar-refractivity contribution >= 4 is 11.7 Å². The van der Waals surface area contributed by atoms with Gasteiger partial charge in [-0.1, -0.05) is 18.2 Å². The Labute approximate surface area is 124 Å². The molecule has 1 aromatic heterocycles. The molecule has 0 radical (unpaired) electrons. The Morgan fingerprint density at radius 3 is 2.48 bits per heavy atom. The van der Waals surface area contributed by atoms with E-state index in [0.29, 0.717) is 23.6 Å². The van der Waals surface area contributed by atoms with E-state index in [1.165, 1.54) is 0 Å². The van der Waals surface area contributed by atoms with Crippen LogP contribution in [0, 0.1) is 20.8 Å². The van der Waals surface area contributed by atoms with Crippen LogP contribution in [0.1, 0.15) is 39.8 Å². The van der Waals surface area contributed by atoms with Gasteiger partial charge in [-0.3, -0.25) is 4.68 Å².